The number of halogens is 3. The van der Waals surface area contributed by atoms with Gasteiger partial charge in [-0.3, -0.25) is 14.6 Å². The van der Waals surface area contributed by atoms with Crippen molar-refractivity contribution in [1.82, 2.24) is 5.01 Å². The van der Waals surface area contributed by atoms with Gasteiger partial charge >= 0.3 is 6.08 Å². The zero-order valence-electron chi connectivity index (χ0n) is 9.09. The van der Waals surface area contributed by atoms with Crippen LogP contribution in [0.2, 0.25) is 0 Å². The molecule has 0 rings (SSSR count). The van der Waals surface area contributed by atoms with Crippen LogP contribution in [0.15, 0.2) is 11.9 Å². The molecule has 0 unspecified atom stereocenters. The summed E-state index contributed by atoms with van der Waals surface area (Å²) in [5, 5.41) is 0.642. The molecule has 0 bridgehead atoms. The number of hydrogen-bond acceptors (Lipinski definition) is 3. The quantitative estimate of drug-likeness (QED) is 0.399. The summed E-state index contributed by atoms with van der Waals surface area (Å²) in [6.45, 7) is -0.349. The van der Waals surface area contributed by atoms with Crippen LogP contribution in [0.3, 0.4) is 0 Å². The van der Waals surface area contributed by atoms with E-state index in [1.54, 1.807) is 0 Å². The average molecular weight is 253 g/mol. The van der Waals surface area contributed by atoms with E-state index >= 15 is 0 Å². The van der Waals surface area contributed by atoms with Gasteiger partial charge < -0.3 is 5.73 Å². The van der Waals surface area contributed by atoms with Gasteiger partial charge in [-0.2, -0.15) is 8.78 Å². The van der Waals surface area contributed by atoms with E-state index < -0.39 is 30.1 Å². The molecule has 17 heavy (non-hydrogen) atoms. The predicted molar refractivity (Wildman–Crippen MR) is 53.9 cm³/mol. The first-order valence-electron chi connectivity index (χ1n) is 4.87. The summed E-state index contributed by atoms with van der Waals surface area (Å²) < 4.78 is 35.7. The Labute approximate surface area is 96.2 Å². The maximum absolute atomic E-state index is 12.4. The third kappa shape index (κ3) is 7.34. The van der Waals surface area contributed by atoms with Crippen molar-refractivity contribution in [2.75, 3.05) is 6.54 Å². The van der Waals surface area contributed by atoms with Crippen molar-refractivity contribution in [3.05, 3.63) is 11.9 Å². The van der Waals surface area contributed by atoms with E-state index in [0.29, 0.717) is 5.01 Å². The zero-order valence-corrected chi connectivity index (χ0v) is 9.09. The van der Waals surface area contributed by atoms with Crippen molar-refractivity contribution in [2.24, 2.45) is 11.6 Å². The highest BCUT2D eigenvalue weighted by Gasteiger charge is 2.12. The molecule has 0 aliphatic rings. The molecule has 0 aromatic heterocycles. The molecule has 0 aromatic rings. The van der Waals surface area contributed by atoms with Crippen LogP contribution in [0.1, 0.15) is 25.7 Å². The Morgan fingerprint density at radius 2 is 1.65 bits per heavy atom. The molecule has 0 spiro atoms. The molecule has 2 amide bonds. The smallest absolute Gasteiger partial charge is 0.301 e. The minimum atomic E-state index is -2.42. The number of nitrogens with two attached hydrogens (primary N) is 2. The minimum absolute atomic E-state index is 0.0347. The number of nitrogens with zero attached hydrogens (tertiary/aromatic N) is 1. The van der Waals surface area contributed by atoms with Gasteiger partial charge in [-0.15, -0.1) is 0 Å². The molecule has 4 N–H and O–H groups in total. The SMILES string of the molecule is NC(=O)CCCC(=O)N(N)CCC(F)=C(F)F. The summed E-state index contributed by atoms with van der Waals surface area (Å²) in [6, 6.07) is 0. The Hall–Kier alpha value is -1.57. The average Bonchev–Trinajstić information content (AvgIpc) is 2.24. The Morgan fingerprint density at radius 3 is 2.12 bits per heavy atom. The number of hydrazine groups is 1. The molecule has 0 heterocycles. The van der Waals surface area contributed by atoms with Crippen LogP contribution in [0, 0.1) is 0 Å². The summed E-state index contributed by atoms with van der Waals surface area (Å²) in [5.74, 6) is 2.52. The van der Waals surface area contributed by atoms with Gasteiger partial charge in [-0.1, -0.05) is 0 Å². The van der Waals surface area contributed by atoms with Gasteiger partial charge in [0.1, 0.15) is 0 Å². The van der Waals surface area contributed by atoms with Crippen LogP contribution in [-0.2, 0) is 9.59 Å². The Balaban J connectivity index is 3.90. The minimum Gasteiger partial charge on any atom is -0.370 e. The molecular weight excluding hydrogens is 239 g/mol. The van der Waals surface area contributed by atoms with Crippen molar-refractivity contribution < 1.29 is 22.8 Å². The molecular formula is C9H14F3N3O2. The van der Waals surface area contributed by atoms with Crippen LogP contribution in [0.4, 0.5) is 13.2 Å². The van der Waals surface area contributed by atoms with Crippen LogP contribution in [0.25, 0.3) is 0 Å². The van der Waals surface area contributed by atoms with E-state index in [1.807, 2.05) is 0 Å². The van der Waals surface area contributed by atoms with Crippen LogP contribution >= 0.6 is 0 Å². The van der Waals surface area contributed by atoms with E-state index in [2.05, 4.69) is 0 Å². The Bertz CT molecular complexity index is 317. The number of primary amides is 1. The molecule has 0 aliphatic carbocycles. The third-order valence-corrected chi connectivity index (χ3v) is 1.91. The van der Waals surface area contributed by atoms with Gasteiger partial charge in [0, 0.05) is 25.8 Å². The van der Waals surface area contributed by atoms with E-state index in [1.165, 1.54) is 0 Å². The van der Waals surface area contributed by atoms with Gasteiger partial charge in [-0.05, 0) is 6.42 Å². The maximum Gasteiger partial charge on any atom is 0.301 e. The van der Waals surface area contributed by atoms with Gasteiger partial charge in [0.2, 0.25) is 11.8 Å². The summed E-state index contributed by atoms with van der Waals surface area (Å²) in [7, 11) is 0. The third-order valence-electron chi connectivity index (χ3n) is 1.91. The Kier molecular flexibility index (Phi) is 6.95. The lowest BCUT2D eigenvalue weighted by Gasteiger charge is -2.15. The number of amides is 2. The van der Waals surface area contributed by atoms with Crippen molar-refractivity contribution in [3.8, 4) is 0 Å². The second-order valence-electron chi connectivity index (χ2n) is 3.32. The van der Waals surface area contributed by atoms with E-state index in [-0.39, 0.29) is 25.8 Å². The fourth-order valence-corrected chi connectivity index (χ4v) is 0.995. The van der Waals surface area contributed by atoms with E-state index in [0.717, 1.165) is 0 Å². The summed E-state index contributed by atoms with van der Waals surface area (Å²) in [4.78, 5) is 21.6. The number of carbonyl (C=O) groups excluding carboxylic acids is 2. The lowest BCUT2D eigenvalue weighted by Crippen LogP contribution is -2.38. The second-order valence-corrected chi connectivity index (χ2v) is 3.32. The molecule has 5 nitrogen and oxygen atoms in total. The van der Waals surface area contributed by atoms with Crippen molar-refractivity contribution in [3.63, 3.8) is 0 Å². The van der Waals surface area contributed by atoms with Crippen molar-refractivity contribution in [2.45, 2.75) is 25.7 Å². The molecule has 8 heteroatoms. The lowest BCUT2D eigenvalue weighted by atomic mass is 10.2. The van der Waals surface area contributed by atoms with Crippen LogP contribution in [-0.4, -0.2) is 23.4 Å². The molecule has 0 saturated carbocycles. The summed E-state index contributed by atoms with van der Waals surface area (Å²) >= 11 is 0. The summed E-state index contributed by atoms with van der Waals surface area (Å²) in [5.41, 5.74) is 4.85. The fraction of sp³-hybridized carbons (Fsp3) is 0.556. The number of carbonyl (C=O) groups is 2. The molecule has 0 atom stereocenters. The lowest BCUT2D eigenvalue weighted by molar-refractivity contribution is -0.131. The zero-order chi connectivity index (χ0) is 13.4. The fourth-order valence-electron chi connectivity index (χ4n) is 0.995. The topological polar surface area (TPSA) is 89.4 Å². The first kappa shape index (κ1) is 15.4. The first-order chi connectivity index (χ1) is 7.84. The van der Waals surface area contributed by atoms with Gasteiger partial charge in [0.15, 0.2) is 5.83 Å². The summed E-state index contributed by atoms with van der Waals surface area (Å²) in [6.07, 6.45) is -2.84. The van der Waals surface area contributed by atoms with Crippen molar-refractivity contribution >= 4 is 11.8 Å². The predicted octanol–water partition coefficient (Wildman–Crippen LogP) is 0.812. The standard InChI is InChI=1S/C9H14F3N3O2/c10-6(9(11)12)4-5-15(14)8(17)3-1-2-7(13)16/h1-5,14H2,(H2,13,16). The van der Waals surface area contributed by atoms with Gasteiger partial charge in [0.25, 0.3) is 0 Å². The normalized spacial score (nSPS) is 9.88. The highest BCUT2D eigenvalue weighted by molar-refractivity contribution is 5.77. The Morgan fingerprint density at radius 1 is 1.06 bits per heavy atom. The number of rotatable bonds is 7. The van der Waals surface area contributed by atoms with Crippen molar-refractivity contribution in [1.29, 1.82) is 0 Å². The maximum atomic E-state index is 12.4. The highest BCUT2D eigenvalue weighted by atomic mass is 19.3. The molecule has 98 valence electrons. The molecule has 0 aromatic carbocycles. The van der Waals surface area contributed by atoms with E-state index in [9.17, 15) is 22.8 Å². The highest BCUT2D eigenvalue weighted by Crippen LogP contribution is 2.13. The number of hydrogen-bond donors (Lipinski definition) is 2. The van der Waals surface area contributed by atoms with Crippen LogP contribution in [0.5, 0.6) is 0 Å². The largest absolute Gasteiger partial charge is 0.370 e. The van der Waals surface area contributed by atoms with Gasteiger partial charge in [-0.25, -0.2) is 10.2 Å². The van der Waals surface area contributed by atoms with E-state index in [4.69, 9.17) is 11.6 Å². The molecule has 0 radical (unpaired) electrons. The first-order valence-corrected chi connectivity index (χ1v) is 4.87. The molecule has 0 saturated heterocycles. The molecule has 0 aliphatic heterocycles. The molecule has 0 fully saturated rings. The second kappa shape index (κ2) is 7.66. The van der Waals surface area contributed by atoms with Crippen LogP contribution < -0.4 is 11.6 Å². The van der Waals surface area contributed by atoms with Gasteiger partial charge in [0.05, 0.1) is 0 Å². The monoisotopic (exact) mass is 253 g/mol.